The molecule has 0 radical (unpaired) electrons. The molecule has 0 aliphatic heterocycles. The van der Waals surface area contributed by atoms with E-state index in [2.05, 4.69) is 0 Å². The Morgan fingerprint density at radius 2 is 2.00 bits per heavy atom. The van der Waals surface area contributed by atoms with Gasteiger partial charge in [0.1, 0.15) is 5.82 Å². The number of hydrogen-bond acceptors (Lipinski definition) is 2. The number of Topliss-reactive ketones (excluding diaryl/α,β-unsaturated/α-hetero) is 1. The van der Waals surface area contributed by atoms with Gasteiger partial charge in [-0.15, -0.1) is 0 Å². The monoisotopic (exact) mass is 203 g/mol. The van der Waals surface area contributed by atoms with E-state index in [-0.39, 0.29) is 11.3 Å². The van der Waals surface area contributed by atoms with E-state index in [1.54, 1.807) is 0 Å². The lowest BCUT2D eigenvalue weighted by Crippen LogP contribution is -2.03. The van der Waals surface area contributed by atoms with Crippen molar-refractivity contribution in [3.8, 4) is 0 Å². The number of ketones is 1. The average molecular weight is 203 g/mol. The van der Waals surface area contributed by atoms with Crippen LogP contribution in [0.25, 0.3) is 0 Å². The summed E-state index contributed by atoms with van der Waals surface area (Å²) in [5, 5.41) is 0. The van der Waals surface area contributed by atoms with Crippen LogP contribution in [0, 0.1) is 5.82 Å². The molecular formula is C9H8F3NO. The van der Waals surface area contributed by atoms with E-state index in [0.717, 1.165) is 12.1 Å². The Bertz CT molecular complexity index is 377. The Balaban J connectivity index is 3.34. The van der Waals surface area contributed by atoms with Crippen LogP contribution in [-0.2, 0) is 0 Å². The van der Waals surface area contributed by atoms with Crippen molar-refractivity contribution in [2.24, 2.45) is 0 Å². The number of anilines is 1. The fourth-order valence-corrected chi connectivity index (χ4v) is 1.08. The van der Waals surface area contributed by atoms with Crippen LogP contribution >= 0.6 is 0 Å². The second kappa shape index (κ2) is 3.69. The maximum Gasteiger partial charge on any atom is 0.266 e. The standard InChI is InChI=1S/C9H8F3NO/c1-4(14)5-2-6(9(11)12)7(10)3-8(5)13/h2-3,9H,13H2,1H3. The van der Waals surface area contributed by atoms with Crippen LogP contribution in [0.3, 0.4) is 0 Å². The van der Waals surface area contributed by atoms with Gasteiger partial charge in [0.2, 0.25) is 0 Å². The first kappa shape index (κ1) is 10.6. The average Bonchev–Trinajstić information content (AvgIpc) is 2.02. The highest BCUT2D eigenvalue weighted by Gasteiger charge is 2.17. The molecule has 1 aromatic carbocycles. The largest absolute Gasteiger partial charge is 0.398 e. The molecule has 0 unspecified atom stereocenters. The molecule has 0 bridgehead atoms. The molecule has 1 aromatic rings. The van der Waals surface area contributed by atoms with Crippen molar-refractivity contribution in [3.05, 3.63) is 29.1 Å². The van der Waals surface area contributed by atoms with Gasteiger partial charge in [-0.25, -0.2) is 13.2 Å². The van der Waals surface area contributed by atoms with Crippen LogP contribution in [-0.4, -0.2) is 5.78 Å². The number of halogens is 3. The molecule has 1 rings (SSSR count). The Hall–Kier alpha value is -1.52. The molecule has 0 aliphatic carbocycles. The molecule has 2 N–H and O–H groups in total. The highest BCUT2D eigenvalue weighted by atomic mass is 19.3. The predicted octanol–water partition coefficient (Wildman–Crippen LogP) is 2.55. The van der Waals surface area contributed by atoms with Crippen LogP contribution in [0.4, 0.5) is 18.9 Å². The van der Waals surface area contributed by atoms with E-state index < -0.39 is 23.6 Å². The van der Waals surface area contributed by atoms with Crippen molar-refractivity contribution >= 4 is 11.5 Å². The van der Waals surface area contributed by atoms with Gasteiger partial charge in [0.05, 0.1) is 5.56 Å². The highest BCUT2D eigenvalue weighted by molar-refractivity contribution is 5.99. The van der Waals surface area contributed by atoms with Gasteiger partial charge in [0.25, 0.3) is 6.43 Å². The van der Waals surface area contributed by atoms with Gasteiger partial charge in [0.15, 0.2) is 5.78 Å². The van der Waals surface area contributed by atoms with Gasteiger partial charge in [-0.2, -0.15) is 0 Å². The Labute approximate surface area is 78.5 Å². The van der Waals surface area contributed by atoms with Gasteiger partial charge in [-0.3, -0.25) is 4.79 Å². The number of benzene rings is 1. The third kappa shape index (κ3) is 1.86. The van der Waals surface area contributed by atoms with Crippen LogP contribution in [0.2, 0.25) is 0 Å². The molecule has 0 aromatic heterocycles. The van der Waals surface area contributed by atoms with E-state index in [9.17, 15) is 18.0 Å². The number of nitrogen functional groups attached to an aromatic ring is 1. The molecule has 0 amide bonds. The Morgan fingerprint density at radius 1 is 1.43 bits per heavy atom. The molecule has 2 nitrogen and oxygen atoms in total. The molecule has 14 heavy (non-hydrogen) atoms. The van der Waals surface area contributed by atoms with Crippen LogP contribution < -0.4 is 5.73 Å². The Kier molecular flexibility index (Phi) is 2.78. The molecule has 5 heteroatoms. The third-order valence-electron chi connectivity index (χ3n) is 1.78. The quantitative estimate of drug-likeness (QED) is 0.592. The predicted molar refractivity (Wildman–Crippen MR) is 45.8 cm³/mol. The molecule has 0 fully saturated rings. The van der Waals surface area contributed by atoms with E-state index in [0.29, 0.717) is 0 Å². The topological polar surface area (TPSA) is 43.1 Å². The fraction of sp³-hybridized carbons (Fsp3) is 0.222. The zero-order valence-electron chi connectivity index (χ0n) is 7.35. The van der Waals surface area contributed by atoms with Gasteiger partial charge in [-0.1, -0.05) is 0 Å². The molecular weight excluding hydrogens is 195 g/mol. The lowest BCUT2D eigenvalue weighted by atomic mass is 10.1. The molecule has 0 saturated carbocycles. The summed E-state index contributed by atoms with van der Waals surface area (Å²) in [7, 11) is 0. The fourth-order valence-electron chi connectivity index (χ4n) is 1.08. The van der Waals surface area contributed by atoms with E-state index in [4.69, 9.17) is 5.73 Å². The first-order chi connectivity index (χ1) is 6.43. The molecule has 0 atom stereocenters. The summed E-state index contributed by atoms with van der Waals surface area (Å²) in [6, 6.07) is 1.52. The van der Waals surface area contributed by atoms with Gasteiger partial charge >= 0.3 is 0 Å². The number of nitrogens with two attached hydrogens (primary N) is 1. The second-order valence-electron chi connectivity index (χ2n) is 2.82. The van der Waals surface area contributed by atoms with Crippen molar-refractivity contribution in [1.29, 1.82) is 0 Å². The summed E-state index contributed by atoms with van der Waals surface area (Å²) < 4.78 is 37.3. The summed E-state index contributed by atoms with van der Waals surface area (Å²) in [4.78, 5) is 10.9. The molecule has 0 saturated heterocycles. The van der Waals surface area contributed by atoms with Crippen LogP contribution in [0.15, 0.2) is 12.1 Å². The van der Waals surface area contributed by atoms with Gasteiger partial charge in [-0.05, 0) is 19.1 Å². The number of rotatable bonds is 2. The first-order valence-corrected chi connectivity index (χ1v) is 3.81. The zero-order chi connectivity index (χ0) is 10.9. The highest BCUT2D eigenvalue weighted by Crippen LogP contribution is 2.26. The van der Waals surface area contributed by atoms with Crippen LogP contribution in [0.1, 0.15) is 29.3 Å². The first-order valence-electron chi connectivity index (χ1n) is 3.81. The lowest BCUT2D eigenvalue weighted by molar-refractivity contribution is 0.101. The molecule has 76 valence electrons. The second-order valence-corrected chi connectivity index (χ2v) is 2.82. The van der Waals surface area contributed by atoms with Gasteiger partial charge < -0.3 is 5.73 Å². The smallest absolute Gasteiger partial charge is 0.266 e. The van der Waals surface area contributed by atoms with Crippen LogP contribution in [0.5, 0.6) is 0 Å². The maximum absolute atomic E-state index is 12.9. The lowest BCUT2D eigenvalue weighted by Gasteiger charge is -2.06. The van der Waals surface area contributed by atoms with Crippen molar-refractivity contribution in [1.82, 2.24) is 0 Å². The number of carbonyl (C=O) groups excluding carboxylic acids is 1. The molecule has 0 spiro atoms. The Morgan fingerprint density at radius 3 is 2.43 bits per heavy atom. The minimum absolute atomic E-state index is 0.0818. The summed E-state index contributed by atoms with van der Waals surface area (Å²) in [5.74, 6) is -1.56. The minimum atomic E-state index is -2.95. The zero-order valence-corrected chi connectivity index (χ0v) is 7.35. The summed E-state index contributed by atoms with van der Waals surface area (Å²) in [5.41, 5.74) is 4.28. The number of hydrogen-bond donors (Lipinski definition) is 1. The minimum Gasteiger partial charge on any atom is -0.398 e. The molecule has 0 aliphatic rings. The van der Waals surface area contributed by atoms with E-state index >= 15 is 0 Å². The normalized spacial score (nSPS) is 10.6. The number of carbonyl (C=O) groups is 1. The van der Waals surface area contributed by atoms with Crippen molar-refractivity contribution in [2.45, 2.75) is 13.3 Å². The summed E-state index contributed by atoms with van der Waals surface area (Å²) in [6.07, 6.45) is -2.95. The van der Waals surface area contributed by atoms with Gasteiger partial charge in [0, 0.05) is 11.3 Å². The van der Waals surface area contributed by atoms with E-state index in [1.165, 1.54) is 6.92 Å². The van der Waals surface area contributed by atoms with Crippen molar-refractivity contribution < 1.29 is 18.0 Å². The van der Waals surface area contributed by atoms with Crippen molar-refractivity contribution in [3.63, 3.8) is 0 Å². The van der Waals surface area contributed by atoms with Crippen molar-refractivity contribution in [2.75, 3.05) is 5.73 Å². The third-order valence-corrected chi connectivity index (χ3v) is 1.78. The SMILES string of the molecule is CC(=O)c1cc(C(F)F)c(F)cc1N. The molecule has 0 heterocycles. The van der Waals surface area contributed by atoms with E-state index in [1.807, 2.05) is 0 Å². The maximum atomic E-state index is 12.9. The summed E-state index contributed by atoms with van der Waals surface area (Å²) >= 11 is 0. The number of alkyl halides is 2. The summed E-state index contributed by atoms with van der Waals surface area (Å²) in [6.45, 7) is 1.18.